The van der Waals surface area contributed by atoms with Gasteiger partial charge in [-0.2, -0.15) is 0 Å². The standard InChI is InChI=1S/C24H24N2O4S/c1-12-5-2-3-7-16(12)25-22(28)20-15-6-4-8-17(15)31-23(20)26-21(27)18-13-9-10-14(11-13)19(18)24(29)30/h2-3,5,7,9-10,13-14,18-19H,4,6,8,11H2,1H3,(H,25,28)(H,26,27)(H,29,30)/t13-,14-,18-,19-/m0/s1. The molecular formula is C24H24N2O4S. The van der Waals surface area contributed by atoms with Crippen LogP contribution >= 0.6 is 11.3 Å². The van der Waals surface area contributed by atoms with Gasteiger partial charge in [-0.15, -0.1) is 11.3 Å². The van der Waals surface area contributed by atoms with E-state index in [1.54, 1.807) is 0 Å². The fourth-order valence-corrected chi connectivity index (χ4v) is 6.63. The Morgan fingerprint density at radius 1 is 1.03 bits per heavy atom. The van der Waals surface area contributed by atoms with Crippen molar-refractivity contribution in [2.75, 3.05) is 10.6 Å². The van der Waals surface area contributed by atoms with Gasteiger partial charge in [0.25, 0.3) is 5.91 Å². The molecule has 7 heteroatoms. The van der Waals surface area contributed by atoms with Gasteiger partial charge in [-0.1, -0.05) is 30.4 Å². The molecule has 3 N–H and O–H groups in total. The van der Waals surface area contributed by atoms with E-state index in [1.165, 1.54) is 11.3 Å². The van der Waals surface area contributed by atoms with Gasteiger partial charge >= 0.3 is 5.97 Å². The highest BCUT2D eigenvalue weighted by Crippen LogP contribution is 2.49. The highest BCUT2D eigenvalue weighted by Gasteiger charge is 2.51. The number of benzene rings is 1. The lowest BCUT2D eigenvalue weighted by Crippen LogP contribution is -2.36. The van der Waals surface area contributed by atoms with Gasteiger partial charge in [0.1, 0.15) is 5.00 Å². The second-order valence-electron chi connectivity index (χ2n) is 8.66. The number of para-hydroxylation sites is 1. The topological polar surface area (TPSA) is 95.5 Å². The summed E-state index contributed by atoms with van der Waals surface area (Å²) >= 11 is 1.45. The number of rotatable bonds is 5. The molecule has 6 nitrogen and oxygen atoms in total. The first-order chi connectivity index (χ1) is 14.9. The molecule has 0 aliphatic heterocycles. The molecule has 160 valence electrons. The Hall–Kier alpha value is -2.93. The Bertz CT molecular complexity index is 1120. The monoisotopic (exact) mass is 436 g/mol. The molecule has 0 spiro atoms. The minimum Gasteiger partial charge on any atom is -0.481 e. The van der Waals surface area contributed by atoms with Crippen LogP contribution in [0.3, 0.4) is 0 Å². The number of fused-ring (bicyclic) bond motifs is 3. The predicted octanol–water partition coefficient (Wildman–Crippen LogP) is 4.26. The molecule has 3 aliphatic rings. The van der Waals surface area contributed by atoms with Gasteiger partial charge in [-0.25, -0.2) is 0 Å². The number of thiophene rings is 1. The summed E-state index contributed by atoms with van der Waals surface area (Å²) in [6.45, 7) is 1.94. The van der Waals surface area contributed by atoms with E-state index in [9.17, 15) is 19.5 Å². The molecule has 4 atom stereocenters. The van der Waals surface area contributed by atoms with Gasteiger partial charge in [-0.05, 0) is 61.6 Å². The van der Waals surface area contributed by atoms with E-state index in [0.29, 0.717) is 17.0 Å². The molecular weight excluding hydrogens is 412 g/mol. The maximum absolute atomic E-state index is 13.2. The molecule has 0 unspecified atom stereocenters. The lowest BCUT2D eigenvalue weighted by molar-refractivity contribution is -0.146. The Morgan fingerprint density at radius 2 is 1.77 bits per heavy atom. The van der Waals surface area contributed by atoms with Crippen molar-refractivity contribution in [3.63, 3.8) is 0 Å². The molecule has 31 heavy (non-hydrogen) atoms. The van der Waals surface area contributed by atoms with Gasteiger partial charge in [-0.3, -0.25) is 14.4 Å². The molecule has 0 saturated heterocycles. The summed E-state index contributed by atoms with van der Waals surface area (Å²) in [6.07, 6.45) is 7.31. The number of carbonyl (C=O) groups is 3. The fourth-order valence-electron chi connectivity index (χ4n) is 5.34. The first-order valence-corrected chi connectivity index (χ1v) is 11.5. The summed E-state index contributed by atoms with van der Waals surface area (Å²) in [5.41, 5.74) is 3.24. The molecule has 1 heterocycles. The molecule has 2 aromatic rings. The van der Waals surface area contributed by atoms with Gasteiger partial charge in [0.2, 0.25) is 5.91 Å². The van der Waals surface area contributed by atoms with Crippen molar-refractivity contribution in [1.82, 2.24) is 0 Å². The SMILES string of the molecule is Cc1ccccc1NC(=O)c1c(NC(=O)[C@@H]2[C@@H](C(=O)O)[C@H]3C=C[C@H]2C3)sc2c1CCC2. The lowest BCUT2D eigenvalue weighted by Gasteiger charge is -2.23. The molecule has 5 rings (SSSR count). The Balaban J connectivity index is 1.43. The molecule has 1 saturated carbocycles. The first-order valence-electron chi connectivity index (χ1n) is 10.7. The average molecular weight is 437 g/mol. The van der Waals surface area contributed by atoms with E-state index in [1.807, 2.05) is 43.3 Å². The number of carboxylic acids is 1. The average Bonchev–Trinajstić information content (AvgIpc) is 3.49. The Labute approximate surface area is 184 Å². The number of nitrogens with one attached hydrogen (secondary N) is 2. The normalized spacial score (nSPS) is 25.5. The number of aryl methyl sites for hydroxylation is 2. The van der Waals surface area contributed by atoms with E-state index in [2.05, 4.69) is 10.6 Å². The van der Waals surface area contributed by atoms with Gasteiger partial charge in [0, 0.05) is 10.6 Å². The van der Waals surface area contributed by atoms with Crippen LogP contribution in [-0.2, 0) is 22.4 Å². The minimum atomic E-state index is -0.928. The zero-order valence-corrected chi connectivity index (χ0v) is 18.0. The van der Waals surface area contributed by atoms with Crippen LogP contribution in [0.4, 0.5) is 10.7 Å². The second kappa shape index (κ2) is 7.64. The molecule has 2 bridgehead atoms. The Morgan fingerprint density at radius 3 is 2.52 bits per heavy atom. The number of amides is 2. The number of hydrogen-bond donors (Lipinski definition) is 3. The zero-order valence-electron chi connectivity index (χ0n) is 17.2. The quantitative estimate of drug-likeness (QED) is 0.611. The predicted molar refractivity (Wildman–Crippen MR) is 119 cm³/mol. The van der Waals surface area contributed by atoms with Crippen molar-refractivity contribution in [2.45, 2.75) is 32.6 Å². The summed E-state index contributed by atoms with van der Waals surface area (Å²) in [6, 6.07) is 7.59. The van der Waals surface area contributed by atoms with E-state index >= 15 is 0 Å². The van der Waals surface area contributed by atoms with Crippen LogP contribution in [0, 0.1) is 30.6 Å². The van der Waals surface area contributed by atoms with E-state index in [-0.39, 0.29) is 23.7 Å². The second-order valence-corrected chi connectivity index (χ2v) is 9.76. The lowest BCUT2D eigenvalue weighted by atomic mass is 9.82. The van der Waals surface area contributed by atoms with Gasteiger partial charge in [0.15, 0.2) is 0 Å². The van der Waals surface area contributed by atoms with Crippen LogP contribution in [0.15, 0.2) is 36.4 Å². The van der Waals surface area contributed by atoms with Crippen molar-refractivity contribution >= 4 is 39.8 Å². The highest BCUT2D eigenvalue weighted by molar-refractivity contribution is 7.17. The van der Waals surface area contributed by atoms with Crippen LogP contribution in [0.1, 0.15) is 39.2 Å². The van der Waals surface area contributed by atoms with E-state index < -0.39 is 17.8 Å². The third-order valence-corrected chi connectivity index (χ3v) is 8.03. The van der Waals surface area contributed by atoms with E-state index in [4.69, 9.17) is 0 Å². The first kappa shape index (κ1) is 20.0. The minimum absolute atomic E-state index is 0.0536. The van der Waals surface area contributed by atoms with Gasteiger partial charge in [0.05, 0.1) is 17.4 Å². The summed E-state index contributed by atoms with van der Waals surface area (Å²) in [4.78, 5) is 39.4. The summed E-state index contributed by atoms with van der Waals surface area (Å²) in [5, 5.41) is 16.2. The smallest absolute Gasteiger partial charge is 0.307 e. The number of aliphatic carboxylic acids is 1. The largest absolute Gasteiger partial charge is 0.481 e. The zero-order chi connectivity index (χ0) is 21.7. The summed E-state index contributed by atoms with van der Waals surface area (Å²) in [5.74, 6) is -2.90. The highest BCUT2D eigenvalue weighted by atomic mass is 32.1. The van der Waals surface area contributed by atoms with Crippen molar-refractivity contribution in [3.05, 3.63) is 58.0 Å². The third-order valence-electron chi connectivity index (χ3n) is 6.83. The van der Waals surface area contributed by atoms with Crippen LogP contribution in [0.25, 0.3) is 0 Å². The fraction of sp³-hybridized carbons (Fsp3) is 0.375. The Kier molecular flexibility index (Phi) is 4.93. The number of hydrogen-bond acceptors (Lipinski definition) is 4. The molecule has 3 aliphatic carbocycles. The third kappa shape index (κ3) is 3.37. The van der Waals surface area contributed by atoms with Crippen LogP contribution < -0.4 is 10.6 Å². The van der Waals surface area contributed by atoms with Crippen molar-refractivity contribution < 1.29 is 19.5 Å². The number of anilines is 2. The van der Waals surface area contributed by atoms with Crippen molar-refractivity contribution in [3.8, 4) is 0 Å². The molecule has 1 aromatic heterocycles. The van der Waals surface area contributed by atoms with Crippen LogP contribution in [0.2, 0.25) is 0 Å². The van der Waals surface area contributed by atoms with E-state index in [0.717, 1.165) is 41.0 Å². The molecule has 1 fully saturated rings. The number of allylic oxidation sites excluding steroid dienone is 2. The van der Waals surface area contributed by atoms with Crippen molar-refractivity contribution in [2.24, 2.45) is 23.7 Å². The number of carbonyl (C=O) groups excluding carboxylic acids is 2. The summed E-state index contributed by atoms with van der Waals surface area (Å²) < 4.78 is 0. The maximum Gasteiger partial charge on any atom is 0.307 e. The van der Waals surface area contributed by atoms with Crippen LogP contribution in [-0.4, -0.2) is 22.9 Å². The van der Waals surface area contributed by atoms with Crippen LogP contribution in [0.5, 0.6) is 0 Å². The summed E-state index contributed by atoms with van der Waals surface area (Å²) in [7, 11) is 0. The number of carboxylic acid groups (broad SMARTS) is 1. The molecule has 2 amide bonds. The molecule has 0 radical (unpaired) electrons. The molecule has 1 aromatic carbocycles. The van der Waals surface area contributed by atoms with Gasteiger partial charge < -0.3 is 15.7 Å². The maximum atomic E-state index is 13.2. The van der Waals surface area contributed by atoms with Crippen molar-refractivity contribution in [1.29, 1.82) is 0 Å².